The molecule has 0 N–H and O–H groups in total. The highest BCUT2D eigenvalue weighted by atomic mass is 35.5. The van der Waals surface area contributed by atoms with Gasteiger partial charge in [0.1, 0.15) is 5.78 Å². The van der Waals surface area contributed by atoms with Crippen LogP contribution < -0.4 is 0 Å². The predicted octanol–water partition coefficient (Wildman–Crippen LogP) is 2.80. The third kappa shape index (κ3) is 4.67. The fourth-order valence-electron chi connectivity index (χ4n) is 1.26. The Balaban J connectivity index is 2.75. The summed E-state index contributed by atoms with van der Waals surface area (Å²) in [4.78, 5) is 10.9. The zero-order valence-corrected chi connectivity index (χ0v) is 9.47. The smallest absolute Gasteiger partial charge is 0.134 e. The number of carbonyl (C=O) groups excluding carboxylic acids is 1. The number of halogens is 1. The van der Waals surface area contributed by atoms with Crippen molar-refractivity contribution in [1.82, 2.24) is 0 Å². The summed E-state index contributed by atoms with van der Waals surface area (Å²) in [7, 11) is 0. The molecule has 2 heteroatoms. The van der Waals surface area contributed by atoms with Crippen LogP contribution in [-0.4, -0.2) is 11.7 Å². The van der Waals surface area contributed by atoms with E-state index in [9.17, 15) is 4.79 Å². The van der Waals surface area contributed by atoms with Gasteiger partial charge >= 0.3 is 0 Å². The van der Waals surface area contributed by atoms with E-state index >= 15 is 0 Å². The molecule has 0 aliphatic carbocycles. The van der Waals surface area contributed by atoms with E-state index in [-0.39, 0.29) is 5.78 Å². The van der Waals surface area contributed by atoms with Gasteiger partial charge in [-0.25, -0.2) is 0 Å². The number of rotatable bonds is 3. The van der Waals surface area contributed by atoms with Gasteiger partial charge in [-0.15, -0.1) is 11.6 Å². The van der Waals surface area contributed by atoms with Crippen molar-refractivity contribution >= 4 is 17.4 Å². The number of hydrogen-bond acceptors (Lipinski definition) is 1. The lowest BCUT2D eigenvalue weighted by atomic mass is 10.1. The van der Waals surface area contributed by atoms with Crippen molar-refractivity contribution in [1.29, 1.82) is 0 Å². The molecule has 1 aromatic rings. The molecule has 0 heterocycles. The Morgan fingerprint density at radius 2 is 2.27 bits per heavy atom. The standard InChI is InChI=1S/C13H13ClO/c1-11(15)9-13-7-4-6-12(10-13)5-2-3-8-14/h4,6-7,10H,3,8-9H2,1H3. The van der Waals surface area contributed by atoms with Gasteiger partial charge in [-0.3, -0.25) is 4.79 Å². The van der Waals surface area contributed by atoms with Crippen molar-refractivity contribution in [2.24, 2.45) is 0 Å². The van der Waals surface area contributed by atoms with Crippen LogP contribution in [0.5, 0.6) is 0 Å². The van der Waals surface area contributed by atoms with Gasteiger partial charge in [0.25, 0.3) is 0 Å². The van der Waals surface area contributed by atoms with Crippen LogP contribution in [0.1, 0.15) is 24.5 Å². The lowest BCUT2D eigenvalue weighted by molar-refractivity contribution is -0.116. The zero-order valence-electron chi connectivity index (χ0n) is 8.72. The number of Topliss-reactive ketones (excluding diaryl/α,β-unsaturated/α-hetero) is 1. The predicted molar refractivity (Wildman–Crippen MR) is 63.0 cm³/mol. The van der Waals surface area contributed by atoms with Crippen LogP contribution in [0.25, 0.3) is 0 Å². The third-order valence-corrected chi connectivity index (χ3v) is 2.02. The molecular formula is C13H13ClO. The molecule has 0 fully saturated rings. The van der Waals surface area contributed by atoms with Crippen molar-refractivity contribution in [3.05, 3.63) is 35.4 Å². The lowest BCUT2D eigenvalue weighted by Crippen LogP contribution is -1.96. The van der Waals surface area contributed by atoms with Gasteiger partial charge in [-0.1, -0.05) is 24.0 Å². The zero-order chi connectivity index (χ0) is 11.1. The van der Waals surface area contributed by atoms with Gasteiger partial charge in [0.2, 0.25) is 0 Å². The second-order valence-electron chi connectivity index (χ2n) is 3.32. The number of hydrogen-bond donors (Lipinski definition) is 0. The first kappa shape index (κ1) is 11.8. The minimum absolute atomic E-state index is 0.167. The summed E-state index contributed by atoms with van der Waals surface area (Å²) in [6, 6.07) is 7.74. The lowest BCUT2D eigenvalue weighted by Gasteiger charge is -1.97. The van der Waals surface area contributed by atoms with Crippen molar-refractivity contribution in [3.63, 3.8) is 0 Å². The molecule has 0 aliphatic heterocycles. The molecule has 78 valence electrons. The average molecular weight is 221 g/mol. The topological polar surface area (TPSA) is 17.1 Å². The highest BCUT2D eigenvalue weighted by Crippen LogP contribution is 2.05. The molecule has 15 heavy (non-hydrogen) atoms. The van der Waals surface area contributed by atoms with E-state index in [0.29, 0.717) is 18.7 Å². The summed E-state index contributed by atoms with van der Waals surface area (Å²) in [5.74, 6) is 6.70. The maximum atomic E-state index is 10.9. The maximum absolute atomic E-state index is 10.9. The second kappa shape index (κ2) is 6.27. The maximum Gasteiger partial charge on any atom is 0.134 e. The van der Waals surface area contributed by atoms with E-state index in [1.54, 1.807) is 6.92 Å². The quantitative estimate of drug-likeness (QED) is 0.566. The molecule has 0 unspecified atom stereocenters. The Morgan fingerprint density at radius 3 is 2.93 bits per heavy atom. The van der Waals surface area contributed by atoms with E-state index in [0.717, 1.165) is 11.1 Å². The summed E-state index contributed by atoms with van der Waals surface area (Å²) in [6.45, 7) is 1.59. The summed E-state index contributed by atoms with van der Waals surface area (Å²) in [5.41, 5.74) is 1.96. The molecule has 0 aromatic heterocycles. The van der Waals surface area contributed by atoms with Gasteiger partial charge < -0.3 is 0 Å². The Labute approximate surface area is 95.5 Å². The molecule has 0 radical (unpaired) electrons. The van der Waals surface area contributed by atoms with Crippen molar-refractivity contribution in [2.45, 2.75) is 19.8 Å². The SMILES string of the molecule is CC(=O)Cc1cccc(C#CCCCl)c1. The summed E-state index contributed by atoms with van der Waals surface area (Å²) in [5, 5.41) is 0. The Kier molecular flexibility index (Phi) is 4.93. The molecule has 0 atom stereocenters. The molecule has 1 nitrogen and oxygen atoms in total. The van der Waals surface area contributed by atoms with E-state index in [1.165, 1.54) is 0 Å². The minimum Gasteiger partial charge on any atom is -0.300 e. The molecule has 0 saturated carbocycles. The molecule has 1 rings (SSSR count). The molecule has 1 aromatic carbocycles. The van der Waals surface area contributed by atoms with E-state index in [4.69, 9.17) is 11.6 Å². The molecule has 0 amide bonds. The van der Waals surface area contributed by atoms with Crippen LogP contribution in [0.15, 0.2) is 24.3 Å². The van der Waals surface area contributed by atoms with Crippen molar-refractivity contribution in [3.8, 4) is 11.8 Å². The Morgan fingerprint density at radius 1 is 1.47 bits per heavy atom. The van der Waals surface area contributed by atoms with Gasteiger partial charge in [0, 0.05) is 24.3 Å². The first-order valence-corrected chi connectivity index (χ1v) is 5.39. The Hall–Kier alpha value is -1.26. The van der Waals surface area contributed by atoms with Crippen LogP contribution in [0.2, 0.25) is 0 Å². The number of carbonyl (C=O) groups is 1. The number of benzene rings is 1. The van der Waals surface area contributed by atoms with E-state index in [1.807, 2.05) is 24.3 Å². The molecule has 0 saturated heterocycles. The normalized spacial score (nSPS) is 9.20. The first-order chi connectivity index (χ1) is 7.22. The van der Waals surface area contributed by atoms with Gasteiger partial charge in [0.05, 0.1) is 0 Å². The molecule has 0 aliphatic rings. The second-order valence-corrected chi connectivity index (χ2v) is 3.70. The Bertz CT molecular complexity index is 398. The average Bonchev–Trinajstić information content (AvgIpc) is 2.18. The first-order valence-electron chi connectivity index (χ1n) is 4.85. The van der Waals surface area contributed by atoms with Gasteiger partial charge in [-0.2, -0.15) is 0 Å². The van der Waals surface area contributed by atoms with Crippen LogP contribution >= 0.6 is 11.6 Å². The highest BCUT2D eigenvalue weighted by molar-refractivity contribution is 6.18. The number of alkyl halides is 1. The largest absolute Gasteiger partial charge is 0.300 e. The van der Waals surface area contributed by atoms with Crippen LogP contribution in [0, 0.1) is 11.8 Å². The van der Waals surface area contributed by atoms with Gasteiger partial charge in [0.15, 0.2) is 0 Å². The fourth-order valence-corrected chi connectivity index (χ4v) is 1.35. The van der Waals surface area contributed by atoms with E-state index in [2.05, 4.69) is 11.8 Å². The van der Waals surface area contributed by atoms with Crippen molar-refractivity contribution in [2.75, 3.05) is 5.88 Å². The fraction of sp³-hybridized carbons (Fsp3) is 0.308. The van der Waals surface area contributed by atoms with Crippen LogP contribution in [0.3, 0.4) is 0 Å². The van der Waals surface area contributed by atoms with Crippen LogP contribution in [-0.2, 0) is 11.2 Å². The minimum atomic E-state index is 0.167. The summed E-state index contributed by atoms with van der Waals surface area (Å²) >= 11 is 5.52. The molecular weight excluding hydrogens is 208 g/mol. The summed E-state index contributed by atoms with van der Waals surface area (Å²) in [6.07, 6.45) is 1.17. The highest BCUT2D eigenvalue weighted by Gasteiger charge is 1.97. The van der Waals surface area contributed by atoms with Gasteiger partial charge in [-0.05, 0) is 24.6 Å². The third-order valence-electron chi connectivity index (χ3n) is 1.83. The monoisotopic (exact) mass is 220 g/mol. The van der Waals surface area contributed by atoms with E-state index < -0.39 is 0 Å². The summed E-state index contributed by atoms with van der Waals surface area (Å²) < 4.78 is 0. The molecule has 0 bridgehead atoms. The molecule has 0 spiro atoms. The van der Waals surface area contributed by atoms with Crippen LogP contribution in [0.4, 0.5) is 0 Å². The van der Waals surface area contributed by atoms with Crippen molar-refractivity contribution < 1.29 is 4.79 Å². The number of ketones is 1.